The lowest BCUT2D eigenvalue weighted by molar-refractivity contribution is 0.0185. The average Bonchev–Trinajstić information content (AvgIpc) is 2.38. The molecule has 0 atom stereocenters. The molecule has 0 fully saturated rings. The molecule has 0 heterocycles. The van der Waals surface area contributed by atoms with E-state index in [-0.39, 0.29) is 17.7 Å². The first-order valence-corrected chi connectivity index (χ1v) is 6.94. The lowest BCUT2D eigenvalue weighted by Gasteiger charge is -2.23. The first-order valence-electron chi connectivity index (χ1n) is 6.94. The Balaban J connectivity index is 2.49. The summed E-state index contributed by atoms with van der Waals surface area (Å²) >= 11 is 0. The molecule has 1 aromatic rings. The van der Waals surface area contributed by atoms with Crippen LogP contribution in [0.5, 0.6) is 0 Å². The van der Waals surface area contributed by atoms with Gasteiger partial charge in [-0.05, 0) is 58.4 Å². The molecule has 112 valence electrons. The van der Waals surface area contributed by atoms with Crippen molar-refractivity contribution in [2.24, 2.45) is 0 Å². The SMILES string of the molecule is COC(C)(C)CCNc1ccc(C(=O)OC(C)C)cc1. The minimum absolute atomic E-state index is 0.100. The molecule has 1 rings (SSSR count). The van der Waals surface area contributed by atoms with E-state index in [2.05, 4.69) is 19.2 Å². The van der Waals surface area contributed by atoms with Gasteiger partial charge >= 0.3 is 5.97 Å². The number of benzene rings is 1. The summed E-state index contributed by atoms with van der Waals surface area (Å²) in [7, 11) is 1.72. The van der Waals surface area contributed by atoms with Crippen molar-refractivity contribution in [3.63, 3.8) is 0 Å². The number of esters is 1. The van der Waals surface area contributed by atoms with E-state index in [0.29, 0.717) is 5.56 Å². The second kappa shape index (κ2) is 7.29. The van der Waals surface area contributed by atoms with Crippen LogP contribution in [0, 0.1) is 0 Å². The van der Waals surface area contributed by atoms with E-state index in [0.717, 1.165) is 18.7 Å². The Labute approximate surface area is 121 Å². The van der Waals surface area contributed by atoms with Crippen molar-refractivity contribution in [2.75, 3.05) is 19.0 Å². The highest BCUT2D eigenvalue weighted by Crippen LogP contribution is 2.15. The van der Waals surface area contributed by atoms with Gasteiger partial charge in [-0.25, -0.2) is 4.79 Å². The first kappa shape index (κ1) is 16.5. The summed E-state index contributed by atoms with van der Waals surface area (Å²) in [6, 6.07) is 7.32. The maximum absolute atomic E-state index is 11.7. The minimum Gasteiger partial charge on any atom is -0.459 e. The van der Waals surface area contributed by atoms with Gasteiger partial charge in [0.05, 0.1) is 17.3 Å². The highest BCUT2D eigenvalue weighted by atomic mass is 16.5. The molecule has 0 saturated carbocycles. The number of hydrogen-bond acceptors (Lipinski definition) is 4. The van der Waals surface area contributed by atoms with Gasteiger partial charge in [0, 0.05) is 19.3 Å². The second-order valence-electron chi connectivity index (χ2n) is 5.67. The van der Waals surface area contributed by atoms with E-state index >= 15 is 0 Å². The maximum Gasteiger partial charge on any atom is 0.338 e. The van der Waals surface area contributed by atoms with Gasteiger partial charge in [-0.1, -0.05) is 0 Å². The largest absolute Gasteiger partial charge is 0.459 e. The molecule has 0 saturated heterocycles. The third kappa shape index (κ3) is 5.61. The molecule has 20 heavy (non-hydrogen) atoms. The van der Waals surface area contributed by atoms with Crippen LogP contribution in [0.25, 0.3) is 0 Å². The Morgan fingerprint density at radius 1 is 1.25 bits per heavy atom. The molecule has 1 aromatic carbocycles. The zero-order valence-corrected chi connectivity index (χ0v) is 13.0. The van der Waals surface area contributed by atoms with Gasteiger partial charge in [0.25, 0.3) is 0 Å². The van der Waals surface area contributed by atoms with E-state index < -0.39 is 0 Å². The Morgan fingerprint density at radius 2 is 1.85 bits per heavy atom. The molecular formula is C16H25NO3. The lowest BCUT2D eigenvalue weighted by Crippen LogP contribution is -2.25. The van der Waals surface area contributed by atoms with Gasteiger partial charge in [0.2, 0.25) is 0 Å². The molecule has 4 nitrogen and oxygen atoms in total. The number of ether oxygens (including phenoxy) is 2. The number of nitrogens with one attached hydrogen (secondary N) is 1. The zero-order chi connectivity index (χ0) is 15.2. The Hall–Kier alpha value is -1.55. The lowest BCUT2D eigenvalue weighted by atomic mass is 10.1. The van der Waals surface area contributed by atoms with Gasteiger partial charge < -0.3 is 14.8 Å². The topological polar surface area (TPSA) is 47.6 Å². The zero-order valence-electron chi connectivity index (χ0n) is 13.0. The highest BCUT2D eigenvalue weighted by Gasteiger charge is 2.15. The molecule has 0 unspecified atom stereocenters. The molecule has 0 aliphatic heterocycles. The summed E-state index contributed by atoms with van der Waals surface area (Å²) in [5.74, 6) is -0.285. The number of anilines is 1. The van der Waals surface area contributed by atoms with Crippen molar-refractivity contribution in [3.05, 3.63) is 29.8 Å². The molecule has 0 amide bonds. The summed E-state index contributed by atoms with van der Waals surface area (Å²) < 4.78 is 10.5. The number of carbonyl (C=O) groups is 1. The Morgan fingerprint density at radius 3 is 2.35 bits per heavy atom. The van der Waals surface area contributed by atoms with Gasteiger partial charge in [-0.2, -0.15) is 0 Å². The third-order valence-electron chi connectivity index (χ3n) is 3.07. The van der Waals surface area contributed by atoms with Crippen molar-refractivity contribution >= 4 is 11.7 Å². The molecule has 4 heteroatoms. The third-order valence-corrected chi connectivity index (χ3v) is 3.07. The monoisotopic (exact) mass is 279 g/mol. The van der Waals surface area contributed by atoms with Crippen molar-refractivity contribution in [1.29, 1.82) is 0 Å². The quantitative estimate of drug-likeness (QED) is 0.776. The first-order chi connectivity index (χ1) is 9.34. The van der Waals surface area contributed by atoms with Crippen LogP contribution in [0.15, 0.2) is 24.3 Å². The van der Waals surface area contributed by atoms with E-state index in [1.165, 1.54) is 0 Å². The Kier molecular flexibility index (Phi) is 6.02. The van der Waals surface area contributed by atoms with Crippen LogP contribution in [-0.2, 0) is 9.47 Å². The van der Waals surface area contributed by atoms with E-state index in [1.54, 1.807) is 19.2 Å². The van der Waals surface area contributed by atoms with Crippen LogP contribution in [0.1, 0.15) is 44.5 Å². The van der Waals surface area contributed by atoms with E-state index in [4.69, 9.17) is 9.47 Å². The van der Waals surface area contributed by atoms with E-state index in [1.807, 2.05) is 26.0 Å². The predicted octanol–water partition coefficient (Wildman–Crippen LogP) is 3.48. The number of methoxy groups -OCH3 is 1. The van der Waals surface area contributed by atoms with E-state index in [9.17, 15) is 4.79 Å². The molecule has 0 aromatic heterocycles. The average molecular weight is 279 g/mol. The molecule has 0 radical (unpaired) electrons. The summed E-state index contributed by atoms with van der Waals surface area (Å²) in [5, 5.41) is 3.31. The van der Waals surface area contributed by atoms with Crippen LogP contribution in [0.3, 0.4) is 0 Å². The highest BCUT2D eigenvalue weighted by molar-refractivity contribution is 5.89. The molecule has 0 bridgehead atoms. The second-order valence-corrected chi connectivity index (χ2v) is 5.67. The van der Waals surface area contributed by atoms with Crippen molar-refractivity contribution in [3.8, 4) is 0 Å². The van der Waals surface area contributed by atoms with Gasteiger partial charge in [-0.15, -0.1) is 0 Å². The smallest absolute Gasteiger partial charge is 0.338 e. The van der Waals surface area contributed by atoms with Gasteiger partial charge in [0.1, 0.15) is 0 Å². The molecular weight excluding hydrogens is 254 g/mol. The maximum atomic E-state index is 11.7. The summed E-state index contributed by atoms with van der Waals surface area (Å²) in [4.78, 5) is 11.7. The molecule has 0 aliphatic rings. The van der Waals surface area contributed by atoms with Crippen LogP contribution in [0.4, 0.5) is 5.69 Å². The number of carbonyl (C=O) groups excluding carboxylic acids is 1. The summed E-state index contributed by atoms with van der Waals surface area (Å²) in [5.41, 5.74) is 1.42. The fourth-order valence-electron chi connectivity index (χ4n) is 1.62. The van der Waals surface area contributed by atoms with Crippen LogP contribution in [0.2, 0.25) is 0 Å². The number of hydrogen-bond donors (Lipinski definition) is 1. The Bertz CT molecular complexity index is 424. The summed E-state index contributed by atoms with van der Waals surface area (Å²) in [6.45, 7) is 8.60. The minimum atomic E-state index is -0.285. The van der Waals surface area contributed by atoms with Crippen LogP contribution < -0.4 is 5.32 Å². The van der Waals surface area contributed by atoms with Gasteiger partial charge in [-0.3, -0.25) is 0 Å². The predicted molar refractivity (Wildman–Crippen MR) is 81.2 cm³/mol. The normalized spacial score (nSPS) is 11.5. The van der Waals surface area contributed by atoms with Crippen LogP contribution >= 0.6 is 0 Å². The van der Waals surface area contributed by atoms with Crippen molar-refractivity contribution in [2.45, 2.75) is 45.8 Å². The van der Waals surface area contributed by atoms with Crippen LogP contribution in [-0.4, -0.2) is 31.3 Å². The van der Waals surface area contributed by atoms with Crippen molar-refractivity contribution in [1.82, 2.24) is 0 Å². The van der Waals surface area contributed by atoms with Gasteiger partial charge in [0.15, 0.2) is 0 Å². The molecule has 0 spiro atoms. The number of rotatable bonds is 7. The standard InChI is InChI=1S/C16H25NO3/c1-12(2)20-15(18)13-6-8-14(9-7-13)17-11-10-16(3,4)19-5/h6-9,12,17H,10-11H2,1-5H3. The summed E-state index contributed by atoms with van der Waals surface area (Å²) in [6.07, 6.45) is 0.803. The fraction of sp³-hybridized carbons (Fsp3) is 0.562. The molecule has 0 aliphatic carbocycles. The molecule has 1 N–H and O–H groups in total. The fourth-order valence-corrected chi connectivity index (χ4v) is 1.62. The van der Waals surface area contributed by atoms with Crippen molar-refractivity contribution < 1.29 is 14.3 Å².